The highest BCUT2D eigenvalue weighted by molar-refractivity contribution is 6.01. The van der Waals surface area contributed by atoms with Crippen LogP contribution < -0.4 is 10.6 Å². The van der Waals surface area contributed by atoms with Crippen LogP contribution in [0.3, 0.4) is 0 Å². The number of para-hydroxylation sites is 1. The van der Waals surface area contributed by atoms with Crippen molar-refractivity contribution in [2.45, 2.75) is 13.5 Å². The normalized spacial score (nSPS) is 10.2. The number of amides is 1. The number of ether oxygens (including phenoxy) is 1. The molecule has 0 aromatic heterocycles. The van der Waals surface area contributed by atoms with Gasteiger partial charge in [0.15, 0.2) is 0 Å². The predicted molar refractivity (Wildman–Crippen MR) is 89.3 cm³/mol. The summed E-state index contributed by atoms with van der Waals surface area (Å²) in [6.07, 6.45) is 0. The lowest BCUT2D eigenvalue weighted by Gasteiger charge is -2.11. The van der Waals surface area contributed by atoms with Crippen LogP contribution >= 0.6 is 0 Å². The van der Waals surface area contributed by atoms with Crippen LogP contribution in [0.5, 0.6) is 0 Å². The van der Waals surface area contributed by atoms with Gasteiger partial charge in [0.05, 0.1) is 24.9 Å². The number of carbonyl (C=O) groups is 2. The van der Waals surface area contributed by atoms with Gasteiger partial charge in [-0.25, -0.2) is 4.79 Å². The maximum atomic E-state index is 12.0. The second-order valence-corrected chi connectivity index (χ2v) is 5.12. The molecule has 0 spiro atoms. The minimum absolute atomic E-state index is 0.157. The van der Waals surface area contributed by atoms with Crippen molar-refractivity contribution in [1.29, 1.82) is 0 Å². The molecule has 5 heteroatoms. The SMILES string of the molecule is COC(=O)c1ccccc1NC(=O)CNCc1ccccc1C. The molecule has 0 aliphatic carbocycles. The molecule has 0 bridgehead atoms. The molecule has 120 valence electrons. The first kappa shape index (κ1) is 16.7. The first-order valence-electron chi connectivity index (χ1n) is 7.34. The standard InChI is InChI=1S/C18H20N2O3/c1-13-7-3-4-8-14(13)11-19-12-17(21)20-16-10-6-5-9-15(16)18(22)23-2/h3-10,19H,11-12H2,1-2H3,(H,20,21). The van der Waals surface area contributed by atoms with Crippen molar-refractivity contribution < 1.29 is 14.3 Å². The van der Waals surface area contributed by atoms with Gasteiger partial charge < -0.3 is 15.4 Å². The largest absolute Gasteiger partial charge is 0.465 e. The van der Waals surface area contributed by atoms with Crippen LogP contribution in [0.2, 0.25) is 0 Å². The van der Waals surface area contributed by atoms with E-state index >= 15 is 0 Å². The Morgan fingerprint density at radius 3 is 2.48 bits per heavy atom. The molecule has 0 unspecified atom stereocenters. The van der Waals surface area contributed by atoms with Crippen LogP contribution in [0.1, 0.15) is 21.5 Å². The van der Waals surface area contributed by atoms with Gasteiger partial charge in [0.2, 0.25) is 5.91 Å². The number of methoxy groups -OCH3 is 1. The molecule has 0 saturated heterocycles. The Morgan fingerprint density at radius 2 is 1.74 bits per heavy atom. The minimum Gasteiger partial charge on any atom is -0.465 e. The molecular formula is C18H20N2O3. The Labute approximate surface area is 135 Å². The summed E-state index contributed by atoms with van der Waals surface area (Å²) >= 11 is 0. The van der Waals surface area contributed by atoms with E-state index in [0.717, 1.165) is 5.56 Å². The average Bonchev–Trinajstić information content (AvgIpc) is 2.56. The van der Waals surface area contributed by atoms with E-state index < -0.39 is 5.97 Å². The quantitative estimate of drug-likeness (QED) is 0.804. The topological polar surface area (TPSA) is 67.4 Å². The first-order chi connectivity index (χ1) is 11.1. The molecule has 0 atom stereocenters. The van der Waals surface area contributed by atoms with E-state index in [4.69, 9.17) is 4.74 Å². The third-order valence-electron chi connectivity index (χ3n) is 3.47. The van der Waals surface area contributed by atoms with E-state index in [-0.39, 0.29) is 12.5 Å². The summed E-state index contributed by atoms with van der Waals surface area (Å²) in [6, 6.07) is 14.8. The minimum atomic E-state index is -0.478. The summed E-state index contributed by atoms with van der Waals surface area (Å²) in [5.74, 6) is -0.691. The second-order valence-electron chi connectivity index (χ2n) is 5.12. The van der Waals surface area contributed by atoms with Crippen molar-refractivity contribution in [3.8, 4) is 0 Å². The van der Waals surface area contributed by atoms with Gasteiger partial charge in [-0.05, 0) is 30.2 Å². The number of hydrogen-bond acceptors (Lipinski definition) is 4. The molecule has 0 saturated carbocycles. The Balaban J connectivity index is 1.91. The lowest BCUT2D eigenvalue weighted by Crippen LogP contribution is -2.28. The third-order valence-corrected chi connectivity index (χ3v) is 3.47. The monoisotopic (exact) mass is 312 g/mol. The Morgan fingerprint density at radius 1 is 1.04 bits per heavy atom. The van der Waals surface area contributed by atoms with Crippen molar-refractivity contribution in [3.05, 3.63) is 65.2 Å². The van der Waals surface area contributed by atoms with Crippen molar-refractivity contribution >= 4 is 17.6 Å². The van der Waals surface area contributed by atoms with Crippen molar-refractivity contribution in [2.24, 2.45) is 0 Å². The smallest absolute Gasteiger partial charge is 0.339 e. The highest BCUT2D eigenvalue weighted by Gasteiger charge is 2.12. The van der Waals surface area contributed by atoms with Crippen LogP contribution in [0, 0.1) is 6.92 Å². The molecule has 0 radical (unpaired) electrons. The predicted octanol–water partition coefficient (Wildman–Crippen LogP) is 2.51. The third kappa shape index (κ3) is 4.66. The van der Waals surface area contributed by atoms with Crippen molar-refractivity contribution in [2.75, 3.05) is 19.0 Å². The Bertz CT molecular complexity index is 698. The van der Waals surface area contributed by atoms with Gasteiger partial charge in [-0.1, -0.05) is 36.4 Å². The number of anilines is 1. The molecule has 1 amide bonds. The molecule has 0 fully saturated rings. The molecule has 0 aliphatic rings. The van der Waals surface area contributed by atoms with Crippen molar-refractivity contribution in [1.82, 2.24) is 5.32 Å². The average molecular weight is 312 g/mol. The molecule has 0 heterocycles. The molecular weight excluding hydrogens is 292 g/mol. The molecule has 2 N–H and O–H groups in total. The fourth-order valence-electron chi connectivity index (χ4n) is 2.19. The summed E-state index contributed by atoms with van der Waals surface area (Å²) < 4.78 is 4.70. The van der Waals surface area contributed by atoms with Gasteiger partial charge in [-0.15, -0.1) is 0 Å². The van der Waals surface area contributed by atoms with Gasteiger partial charge in [0, 0.05) is 6.54 Å². The van der Waals surface area contributed by atoms with E-state index in [1.54, 1.807) is 24.3 Å². The summed E-state index contributed by atoms with van der Waals surface area (Å²) in [5.41, 5.74) is 3.11. The van der Waals surface area contributed by atoms with E-state index in [2.05, 4.69) is 10.6 Å². The van der Waals surface area contributed by atoms with E-state index in [9.17, 15) is 9.59 Å². The Kier molecular flexibility index (Phi) is 5.88. The number of rotatable bonds is 6. The van der Waals surface area contributed by atoms with Gasteiger partial charge in [-0.2, -0.15) is 0 Å². The number of carbonyl (C=O) groups excluding carboxylic acids is 2. The molecule has 2 rings (SSSR count). The van der Waals surface area contributed by atoms with Gasteiger partial charge in [0.1, 0.15) is 0 Å². The zero-order valence-corrected chi connectivity index (χ0v) is 13.3. The number of benzene rings is 2. The van der Waals surface area contributed by atoms with Gasteiger partial charge in [0.25, 0.3) is 0 Å². The summed E-state index contributed by atoms with van der Waals surface area (Å²) in [5, 5.41) is 5.82. The molecule has 0 aliphatic heterocycles. The fourth-order valence-corrected chi connectivity index (χ4v) is 2.19. The van der Waals surface area contributed by atoms with Crippen LogP contribution in [0.25, 0.3) is 0 Å². The van der Waals surface area contributed by atoms with E-state index in [0.29, 0.717) is 17.8 Å². The van der Waals surface area contributed by atoms with Crippen LogP contribution in [0.4, 0.5) is 5.69 Å². The first-order valence-corrected chi connectivity index (χ1v) is 7.34. The van der Waals surface area contributed by atoms with Crippen LogP contribution in [-0.4, -0.2) is 25.5 Å². The second kappa shape index (κ2) is 8.10. The molecule has 2 aromatic rings. The molecule has 2 aromatic carbocycles. The lowest BCUT2D eigenvalue weighted by molar-refractivity contribution is -0.115. The van der Waals surface area contributed by atoms with Crippen LogP contribution in [0.15, 0.2) is 48.5 Å². The zero-order valence-electron chi connectivity index (χ0n) is 13.3. The lowest BCUT2D eigenvalue weighted by atomic mass is 10.1. The van der Waals surface area contributed by atoms with Crippen molar-refractivity contribution in [3.63, 3.8) is 0 Å². The number of esters is 1. The maximum Gasteiger partial charge on any atom is 0.339 e. The summed E-state index contributed by atoms with van der Waals surface area (Å²) in [6.45, 7) is 2.80. The summed E-state index contributed by atoms with van der Waals surface area (Å²) in [7, 11) is 1.31. The van der Waals surface area contributed by atoms with Gasteiger partial charge in [-0.3, -0.25) is 4.79 Å². The number of nitrogens with one attached hydrogen (secondary N) is 2. The van der Waals surface area contributed by atoms with Crippen LogP contribution in [-0.2, 0) is 16.1 Å². The molecule has 23 heavy (non-hydrogen) atoms. The highest BCUT2D eigenvalue weighted by Crippen LogP contribution is 2.15. The number of aryl methyl sites for hydroxylation is 1. The summed E-state index contributed by atoms with van der Waals surface area (Å²) in [4.78, 5) is 23.7. The molecule has 5 nitrogen and oxygen atoms in total. The maximum absolute atomic E-state index is 12.0. The van der Waals surface area contributed by atoms with E-state index in [1.165, 1.54) is 12.7 Å². The van der Waals surface area contributed by atoms with E-state index in [1.807, 2.05) is 31.2 Å². The highest BCUT2D eigenvalue weighted by atomic mass is 16.5. The zero-order chi connectivity index (χ0) is 16.7. The fraction of sp³-hybridized carbons (Fsp3) is 0.222. The Hall–Kier alpha value is -2.66. The van der Waals surface area contributed by atoms with Gasteiger partial charge >= 0.3 is 5.97 Å². The number of hydrogen-bond donors (Lipinski definition) is 2.